The van der Waals surface area contributed by atoms with Crippen molar-refractivity contribution in [2.24, 2.45) is 0 Å². The molecule has 1 N–H and O–H groups in total. The maximum atomic E-state index is 14.9. The number of fused-ring (bicyclic) bond motifs is 1. The molecule has 0 aliphatic carbocycles. The number of hydrogen-bond donors (Lipinski definition) is 1. The monoisotopic (exact) mass is 552 g/mol. The van der Waals surface area contributed by atoms with Gasteiger partial charge in [-0.25, -0.2) is 8.78 Å². The molecule has 0 saturated carbocycles. The molecule has 5 rings (SSSR count). The standard InChI is InChI=1S/C29H30F2N4O5/c1-4-33-7-9-34(10-8-33)21-6-5-18(22(15-21)35(37)38)12-20-13-19-14-24(40-25(19)16-32-20)29(36)26-27(30)17(2)11-23(39-3)28(26)31/h5-6,11,13-16,29,36H,4,7-10,12H2,1-3H3. The van der Waals surface area contributed by atoms with Gasteiger partial charge in [-0.2, -0.15) is 0 Å². The van der Waals surface area contributed by atoms with E-state index in [9.17, 15) is 24.0 Å². The number of pyridine rings is 1. The first-order valence-corrected chi connectivity index (χ1v) is 13.0. The fourth-order valence-electron chi connectivity index (χ4n) is 5.12. The summed E-state index contributed by atoms with van der Waals surface area (Å²) in [6.45, 7) is 7.98. The summed E-state index contributed by atoms with van der Waals surface area (Å²) in [4.78, 5) is 20.4. The largest absolute Gasteiger partial charge is 0.494 e. The minimum Gasteiger partial charge on any atom is -0.494 e. The number of ether oxygens (including phenoxy) is 1. The minimum atomic E-state index is -1.72. The number of methoxy groups -OCH3 is 1. The summed E-state index contributed by atoms with van der Waals surface area (Å²) in [6.07, 6.45) is -0.104. The Labute approximate surface area is 229 Å². The molecule has 40 heavy (non-hydrogen) atoms. The van der Waals surface area contributed by atoms with Gasteiger partial charge in [-0.05, 0) is 49.4 Å². The van der Waals surface area contributed by atoms with Crippen LogP contribution in [-0.2, 0) is 6.42 Å². The number of aliphatic hydroxyl groups excluding tert-OH is 1. The zero-order valence-electron chi connectivity index (χ0n) is 22.5. The Bertz CT molecular complexity index is 1570. The summed E-state index contributed by atoms with van der Waals surface area (Å²) in [5.74, 6) is -2.17. The van der Waals surface area contributed by atoms with Crippen LogP contribution < -0.4 is 9.64 Å². The topological polar surface area (TPSA) is 105 Å². The third-order valence-corrected chi connectivity index (χ3v) is 7.45. The first kappa shape index (κ1) is 27.5. The van der Waals surface area contributed by atoms with E-state index in [-0.39, 0.29) is 34.1 Å². The van der Waals surface area contributed by atoms with Gasteiger partial charge in [0, 0.05) is 61.0 Å². The molecule has 0 amide bonds. The van der Waals surface area contributed by atoms with Gasteiger partial charge in [0.15, 0.2) is 17.1 Å². The molecule has 210 valence electrons. The number of hydrogen-bond acceptors (Lipinski definition) is 8. The number of furan rings is 1. The Morgan fingerprint density at radius 2 is 1.90 bits per heavy atom. The SMILES string of the molecule is CCN1CCN(c2ccc(Cc3cc4cc(C(O)c5c(F)c(C)cc(OC)c5F)oc4cn3)c([N+](=O)[O-])c2)CC1. The van der Waals surface area contributed by atoms with Crippen molar-refractivity contribution in [1.82, 2.24) is 9.88 Å². The Morgan fingerprint density at radius 1 is 1.15 bits per heavy atom. The summed E-state index contributed by atoms with van der Waals surface area (Å²) < 4.78 is 40.3. The van der Waals surface area contributed by atoms with E-state index in [0.717, 1.165) is 38.4 Å². The van der Waals surface area contributed by atoms with E-state index in [4.69, 9.17) is 9.15 Å². The average Bonchev–Trinajstić information content (AvgIpc) is 3.39. The molecular weight excluding hydrogens is 522 g/mol. The maximum Gasteiger partial charge on any atom is 0.275 e. The predicted octanol–water partition coefficient (Wildman–Crippen LogP) is 5.15. The van der Waals surface area contributed by atoms with Gasteiger partial charge in [0.05, 0.1) is 23.8 Å². The molecule has 2 aromatic heterocycles. The number of likely N-dealkylation sites (N-methyl/N-ethyl adjacent to an activating group) is 1. The first-order chi connectivity index (χ1) is 19.2. The van der Waals surface area contributed by atoms with Crippen LogP contribution in [0.1, 0.15) is 41.2 Å². The molecule has 0 bridgehead atoms. The molecule has 9 nitrogen and oxygen atoms in total. The van der Waals surface area contributed by atoms with Crippen LogP contribution in [0, 0.1) is 28.7 Å². The summed E-state index contributed by atoms with van der Waals surface area (Å²) in [6, 6.07) is 9.64. The number of nitrogens with zero attached hydrogens (tertiary/aromatic N) is 4. The number of aryl methyl sites for hydroxylation is 1. The number of anilines is 1. The lowest BCUT2D eigenvalue weighted by atomic mass is 10.0. The number of aromatic nitrogens is 1. The molecule has 2 aromatic carbocycles. The highest BCUT2D eigenvalue weighted by Crippen LogP contribution is 2.36. The van der Waals surface area contributed by atoms with Crippen LogP contribution >= 0.6 is 0 Å². The van der Waals surface area contributed by atoms with Gasteiger partial charge in [0.25, 0.3) is 5.69 Å². The molecule has 4 aromatic rings. The van der Waals surface area contributed by atoms with Crippen molar-refractivity contribution in [3.05, 3.63) is 92.5 Å². The van der Waals surface area contributed by atoms with Gasteiger partial charge in [0.1, 0.15) is 17.7 Å². The average molecular weight is 553 g/mol. The van der Waals surface area contributed by atoms with Crippen molar-refractivity contribution in [2.75, 3.05) is 44.7 Å². The molecule has 1 atom stereocenters. The van der Waals surface area contributed by atoms with Crippen molar-refractivity contribution in [3.8, 4) is 5.75 Å². The molecule has 11 heteroatoms. The summed E-state index contributed by atoms with van der Waals surface area (Å²) in [5, 5.41) is 23.3. The number of piperazine rings is 1. The quantitative estimate of drug-likeness (QED) is 0.237. The number of nitro benzene ring substituents is 1. The maximum absolute atomic E-state index is 14.9. The molecule has 1 saturated heterocycles. The van der Waals surface area contributed by atoms with Gasteiger partial charge in [-0.15, -0.1) is 0 Å². The summed E-state index contributed by atoms with van der Waals surface area (Å²) >= 11 is 0. The molecule has 1 unspecified atom stereocenters. The van der Waals surface area contributed by atoms with E-state index in [1.807, 2.05) is 6.07 Å². The van der Waals surface area contributed by atoms with Crippen LogP contribution in [-0.4, -0.2) is 59.7 Å². The van der Waals surface area contributed by atoms with Gasteiger partial charge >= 0.3 is 0 Å². The third-order valence-electron chi connectivity index (χ3n) is 7.45. The molecule has 0 radical (unpaired) electrons. The third kappa shape index (κ3) is 5.22. The van der Waals surface area contributed by atoms with Crippen LogP contribution in [0.25, 0.3) is 11.0 Å². The summed E-state index contributed by atoms with van der Waals surface area (Å²) in [5.41, 5.74) is 1.72. The first-order valence-electron chi connectivity index (χ1n) is 13.0. The summed E-state index contributed by atoms with van der Waals surface area (Å²) in [7, 11) is 1.26. The van der Waals surface area contributed by atoms with Crippen LogP contribution in [0.5, 0.6) is 5.75 Å². The number of aliphatic hydroxyl groups is 1. The Morgan fingerprint density at radius 3 is 2.58 bits per heavy atom. The van der Waals surface area contributed by atoms with Gasteiger partial charge in [-0.1, -0.05) is 6.92 Å². The second kappa shape index (κ2) is 11.2. The van der Waals surface area contributed by atoms with Gasteiger partial charge in [-0.3, -0.25) is 15.1 Å². The highest BCUT2D eigenvalue weighted by Gasteiger charge is 2.28. The van der Waals surface area contributed by atoms with Gasteiger partial charge < -0.3 is 24.1 Å². The van der Waals surface area contributed by atoms with E-state index in [1.54, 1.807) is 18.2 Å². The smallest absolute Gasteiger partial charge is 0.275 e. The van der Waals surface area contributed by atoms with E-state index in [0.29, 0.717) is 22.2 Å². The lowest BCUT2D eigenvalue weighted by Gasteiger charge is -2.35. The number of halogens is 2. The number of nitro groups is 1. The highest BCUT2D eigenvalue weighted by molar-refractivity contribution is 5.78. The van der Waals surface area contributed by atoms with Crippen molar-refractivity contribution >= 4 is 22.3 Å². The number of benzene rings is 2. The van der Waals surface area contributed by atoms with E-state index in [1.165, 1.54) is 32.4 Å². The van der Waals surface area contributed by atoms with Crippen LogP contribution in [0.4, 0.5) is 20.2 Å². The fourth-order valence-corrected chi connectivity index (χ4v) is 5.12. The number of rotatable bonds is 8. The molecule has 1 aliphatic heterocycles. The zero-order valence-corrected chi connectivity index (χ0v) is 22.5. The van der Waals surface area contributed by atoms with E-state index < -0.39 is 23.3 Å². The predicted molar refractivity (Wildman–Crippen MR) is 146 cm³/mol. The highest BCUT2D eigenvalue weighted by atomic mass is 19.1. The van der Waals surface area contributed by atoms with Crippen molar-refractivity contribution in [1.29, 1.82) is 0 Å². The minimum absolute atomic E-state index is 0.0139. The zero-order chi connectivity index (χ0) is 28.6. The second-order valence-corrected chi connectivity index (χ2v) is 9.87. The Hall–Kier alpha value is -4.09. The fraction of sp³-hybridized carbons (Fsp3) is 0.345. The Kier molecular flexibility index (Phi) is 7.68. The van der Waals surface area contributed by atoms with E-state index in [2.05, 4.69) is 21.7 Å². The van der Waals surface area contributed by atoms with Crippen LogP contribution in [0.2, 0.25) is 0 Å². The molecule has 1 fully saturated rings. The van der Waals surface area contributed by atoms with Crippen molar-refractivity contribution in [3.63, 3.8) is 0 Å². The van der Waals surface area contributed by atoms with Crippen LogP contribution in [0.15, 0.2) is 47.0 Å². The van der Waals surface area contributed by atoms with Crippen molar-refractivity contribution in [2.45, 2.75) is 26.4 Å². The van der Waals surface area contributed by atoms with Crippen molar-refractivity contribution < 1.29 is 28.0 Å². The normalized spacial score (nSPS) is 15.0. The second-order valence-electron chi connectivity index (χ2n) is 9.87. The molecular formula is C29H30F2N4O5. The Balaban J connectivity index is 1.41. The van der Waals surface area contributed by atoms with Gasteiger partial charge in [0.2, 0.25) is 0 Å². The lowest BCUT2D eigenvalue weighted by Crippen LogP contribution is -2.46. The lowest BCUT2D eigenvalue weighted by molar-refractivity contribution is -0.385. The van der Waals surface area contributed by atoms with E-state index >= 15 is 0 Å². The molecule has 1 aliphatic rings. The van der Waals surface area contributed by atoms with Crippen LogP contribution in [0.3, 0.4) is 0 Å². The molecule has 3 heterocycles. The molecule has 0 spiro atoms.